The summed E-state index contributed by atoms with van der Waals surface area (Å²) in [5, 5.41) is 5.74. The van der Waals surface area contributed by atoms with Crippen LogP contribution in [0.2, 0.25) is 0 Å². The Labute approximate surface area is 178 Å². The summed E-state index contributed by atoms with van der Waals surface area (Å²) in [6, 6.07) is 14.1. The Balaban J connectivity index is 1.47. The predicted octanol–water partition coefficient (Wildman–Crippen LogP) is 3.78. The standard InChI is InChI=1S/C23H21N3O3S/c1-14(20-13-30-15(2)25-20)24-21(27)17-8-9-18-19(12-17)23(29)26(22(18)28)11-10-16-6-4-3-5-7-16/h3-9,12-14H,10-11H2,1-2H3,(H,24,27). The van der Waals surface area contributed by atoms with Gasteiger partial charge in [-0.25, -0.2) is 4.98 Å². The third-order valence-electron chi connectivity index (χ3n) is 5.13. The molecular formula is C23H21N3O3S. The molecule has 1 aliphatic rings. The lowest BCUT2D eigenvalue weighted by atomic mass is 10.0. The highest BCUT2D eigenvalue weighted by atomic mass is 32.1. The molecule has 0 saturated heterocycles. The summed E-state index contributed by atoms with van der Waals surface area (Å²) in [6.45, 7) is 4.08. The number of benzene rings is 2. The van der Waals surface area contributed by atoms with Crippen LogP contribution in [-0.2, 0) is 6.42 Å². The Morgan fingerprint density at radius 1 is 1.10 bits per heavy atom. The monoisotopic (exact) mass is 419 g/mol. The van der Waals surface area contributed by atoms with E-state index in [1.807, 2.05) is 49.6 Å². The van der Waals surface area contributed by atoms with Crippen LogP contribution < -0.4 is 5.32 Å². The number of nitrogens with zero attached hydrogens (tertiary/aromatic N) is 2. The number of amides is 3. The lowest BCUT2D eigenvalue weighted by molar-refractivity contribution is 0.0656. The molecule has 1 atom stereocenters. The van der Waals surface area contributed by atoms with Crippen LogP contribution in [0.15, 0.2) is 53.9 Å². The molecule has 0 aliphatic carbocycles. The second-order valence-electron chi connectivity index (χ2n) is 7.24. The first kappa shape index (κ1) is 20.0. The van der Waals surface area contributed by atoms with Crippen molar-refractivity contribution < 1.29 is 14.4 Å². The van der Waals surface area contributed by atoms with Gasteiger partial charge < -0.3 is 5.32 Å². The molecule has 1 unspecified atom stereocenters. The van der Waals surface area contributed by atoms with E-state index in [1.165, 1.54) is 22.3 Å². The highest BCUT2D eigenvalue weighted by Crippen LogP contribution is 2.25. The highest BCUT2D eigenvalue weighted by Gasteiger charge is 2.35. The van der Waals surface area contributed by atoms with E-state index in [-0.39, 0.29) is 29.3 Å². The number of aryl methyl sites for hydroxylation is 1. The van der Waals surface area contributed by atoms with Crippen LogP contribution in [0, 0.1) is 6.92 Å². The molecule has 0 fully saturated rings. The second kappa shape index (κ2) is 8.20. The average Bonchev–Trinajstić information content (AvgIpc) is 3.29. The van der Waals surface area contributed by atoms with Crippen LogP contribution in [0.1, 0.15) is 60.3 Å². The van der Waals surface area contributed by atoms with Crippen LogP contribution in [0.4, 0.5) is 0 Å². The van der Waals surface area contributed by atoms with Gasteiger partial charge in [0.1, 0.15) is 0 Å². The van der Waals surface area contributed by atoms with Gasteiger partial charge in [0.25, 0.3) is 17.7 Å². The zero-order valence-corrected chi connectivity index (χ0v) is 17.5. The normalized spacial score (nSPS) is 14.0. The summed E-state index contributed by atoms with van der Waals surface area (Å²) in [6.07, 6.45) is 0.588. The Kier molecular flexibility index (Phi) is 5.46. The smallest absolute Gasteiger partial charge is 0.261 e. The maximum Gasteiger partial charge on any atom is 0.261 e. The topological polar surface area (TPSA) is 79.4 Å². The summed E-state index contributed by atoms with van der Waals surface area (Å²) in [5.74, 6) is -0.980. The van der Waals surface area contributed by atoms with Gasteiger partial charge in [-0.15, -0.1) is 11.3 Å². The van der Waals surface area contributed by atoms with Gasteiger partial charge in [-0.05, 0) is 44.0 Å². The van der Waals surface area contributed by atoms with Gasteiger partial charge in [0.2, 0.25) is 0 Å². The van der Waals surface area contributed by atoms with Crippen LogP contribution >= 0.6 is 11.3 Å². The molecule has 1 aliphatic heterocycles. The highest BCUT2D eigenvalue weighted by molar-refractivity contribution is 7.09. The third kappa shape index (κ3) is 3.89. The van der Waals surface area contributed by atoms with E-state index >= 15 is 0 Å². The van der Waals surface area contributed by atoms with E-state index in [1.54, 1.807) is 12.1 Å². The number of carbonyl (C=O) groups is 3. The first-order valence-corrected chi connectivity index (χ1v) is 10.6. The molecule has 2 heterocycles. The fourth-order valence-corrected chi connectivity index (χ4v) is 4.16. The fraction of sp³-hybridized carbons (Fsp3) is 0.217. The van der Waals surface area contributed by atoms with Crippen molar-refractivity contribution in [1.82, 2.24) is 15.2 Å². The van der Waals surface area contributed by atoms with Gasteiger partial charge in [-0.1, -0.05) is 30.3 Å². The first-order valence-electron chi connectivity index (χ1n) is 9.71. The molecule has 3 aromatic rings. The summed E-state index contributed by atoms with van der Waals surface area (Å²) < 4.78 is 0. The first-order chi connectivity index (χ1) is 14.4. The molecule has 152 valence electrons. The lowest BCUT2D eigenvalue weighted by Crippen LogP contribution is -2.31. The van der Waals surface area contributed by atoms with E-state index in [0.29, 0.717) is 24.1 Å². The number of hydrogen-bond donors (Lipinski definition) is 1. The summed E-state index contributed by atoms with van der Waals surface area (Å²) in [4.78, 5) is 43.8. The molecule has 4 rings (SSSR count). The number of thiazole rings is 1. The SMILES string of the molecule is Cc1nc(C(C)NC(=O)c2ccc3c(c2)C(=O)N(CCc2ccccc2)C3=O)cs1. The number of aromatic nitrogens is 1. The Bertz CT molecular complexity index is 1120. The maximum absolute atomic E-state index is 12.8. The predicted molar refractivity (Wildman–Crippen MR) is 115 cm³/mol. The van der Waals surface area contributed by atoms with Crippen molar-refractivity contribution in [3.63, 3.8) is 0 Å². The number of nitrogens with one attached hydrogen (secondary N) is 1. The van der Waals surface area contributed by atoms with Crippen LogP contribution in [0.5, 0.6) is 0 Å². The van der Waals surface area contributed by atoms with E-state index in [9.17, 15) is 14.4 Å². The summed E-state index contributed by atoms with van der Waals surface area (Å²) in [5.41, 5.74) is 2.81. The van der Waals surface area contributed by atoms with E-state index < -0.39 is 0 Å². The quantitative estimate of drug-likeness (QED) is 0.617. The van der Waals surface area contributed by atoms with Gasteiger partial charge in [-0.2, -0.15) is 0 Å². The number of fused-ring (bicyclic) bond motifs is 1. The van der Waals surface area contributed by atoms with Crippen molar-refractivity contribution in [3.05, 3.63) is 86.9 Å². The Morgan fingerprint density at radius 3 is 2.53 bits per heavy atom. The second-order valence-corrected chi connectivity index (χ2v) is 8.31. The summed E-state index contributed by atoms with van der Waals surface area (Å²) in [7, 11) is 0. The molecule has 7 heteroatoms. The van der Waals surface area contributed by atoms with E-state index in [0.717, 1.165) is 16.3 Å². The molecule has 0 radical (unpaired) electrons. The lowest BCUT2D eigenvalue weighted by Gasteiger charge is -2.13. The maximum atomic E-state index is 12.8. The van der Waals surface area contributed by atoms with Crippen molar-refractivity contribution >= 4 is 29.1 Å². The fourth-order valence-electron chi connectivity index (χ4n) is 3.45. The molecule has 1 N–H and O–H groups in total. The number of rotatable bonds is 6. The van der Waals surface area contributed by atoms with Crippen molar-refractivity contribution in [1.29, 1.82) is 0 Å². The largest absolute Gasteiger partial charge is 0.344 e. The third-order valence-corrected chi connectivity index (χ3v) is 5.92. The average molecular weight is 420 g/mol. The van der Waals surface area contributed by atoms with E-state index in [2.05, 4.69) is 10.3 Å². The summed E-state index contributed by atoms with van der Waals surface area (Å²) >= 11 is 1.53. The van der Waals surface area contributed by atoms with Crippen molar-refractivity contribution in [2.75, 3.05) is 6.54 Å². The van der Waals surface area contributed by atoms with Gasteiger partial charge in [-0.3, -0.25) is 19.3 Å². The van der Waals surface area contributed by atoms with Crippen LogP contribution in [0.3, 0.4) is 0 Å². The molecule has 1 aromatic heterocycles. The molecule has 2 aromatic carbocycles. The zero-order valence-electron chi connectivity index (χ0n) is 16.7. The zero-order chi connectivity index (χ0) is 21.3. The molecule has 0 bridgehead atoms. The van der Waals surface area contributed by atoms with Crippen LogP contribution in [0.25, 0.3) is 0 Å². The molecule has 6 nitrogen and oxygen atoms in total. The minimum Gasteiger partial charge on any atom is -0.344 e. The number of imide groups is 1. The van der Waals surface area contributed by atoms with Gasteiger partial charge in [0, 0.05) is 17.5 Å². The van der Waals surface area contributed by atoms with Gasteiger partial charge >= 0.3 is 0 Å². The van der Waals surface area contributed by atoms with Crippen molar-refractivity contribution in [2.45, 2.75) is 26.3 Å². The molecular weight excluding hydrogens is 398 g/mol. The molecule has 30 heavy (non-hydrogen) atoms. The molecule has 0 saturated carbocycles. The Morgan fingerprint density at radius 2 is 1.83 bits per heavy atom. The number of carbonyl (C=O) groups excluding carboxylic acids is 3. The van der Waals surface area contributed by atoms with Gasteiger partial charge in [0.05, 0.1) is 27.9 Å². The van der Waals surface area contributed by atoms with Crippen molar-refractivity contribution in [3.8, 4) is 0 Å². The molecule has 0 spiro atoms. The van der Waals surface area contributed by atoms with Crippen molar-refractivity contribution in [2.24, 2.45) is 0 Å². The Hall–Kier alpha value is -3.32. The minimum atomic E-state index is -0.358. The van der Waals surface area contributed by atoms with Gasteiger partial charge in [0.15, 0.2) is 0 Å². The van der Waals surface area contributed by atoms with Crippen LogP contribution in [-0.4, -0.2) is 34.2 Å². The minimum absolute atomic E-state index is 0.254. The number of hydrogen-bond acceptors (Lipinski definition) is 5. The van der Waals surface area contributed by atoms with E-state index in [4.69, 9.17) is 0 Å². The molecule has 3 amide bonds.